The Morgan fingerprint density at radius 2 is 2.50 bits per heavy atom. The van der Waals surface area contributed by atoms with Crippen molar-refractivity contribution in [1.29, 1.82) is 0 Å². The molecule has 0 saturated carbocycles. The molecule has 0 fully saturated rings. The third kappa shape index (κ3) is 5.39. The van der Waals surface area contributed by atoms with Crippen molar-refractivity contribution in [3.8, 4) is 0 Å². The molecule has 8 heavy (non-hydrogen) atoms. The lowest BCUT2D eigenvalue weighted by atomic mass is 10.8. The fourth-order valence-electron chi connectivity index (χ4n) is 0.228. The molecule has 0 atom stereocenters. The van der Waals surface area contributed by atoms with Crippen molar-refractivity contribution in [2.24, 2.45) is 5.10 Å². The highest BCUT2D eigenvalue weighted by Crippen LogP contribution is 1.66. The molecule has 0 aliphatic carbocycles. The lowest BCUT2D eigenvalue weighted by molar-refractivity contribution is 0.0807. The van der Waals surface area contributed by atoms with Crippen molar-refractivity contribution in [3.05, 3.63) is 0 Å². The molecule has 0 rings (SSSR count). The van der Waals surface area contributed by atoms with E-state index < -0.39 is 0 Å². The van der Waals surface area contributed by atoms with E-state index in [2.05, 4.69) is 17.2 Å². The summed E-state index contributed by atoms with van der Waals surface area (Å²) in [6.45, 7) is 3.84. The second-order valence-electron chi connectivity index (χ2n) is 1.09. The summed E-state index contributed by atoms with van der Waals surface area (Å²) in [5, 5.41) is 11.5. The Bertz CT molecular complexity index is 58.0. The molecular weight excluding hydrogens is 108 g/mol. The molecule has 0 spiro atoms. The molecule has 0 unspecified atom stereocenters. The molecule has 4 heteroatoms. The summed E-state index contributed by atoms with van der Waals surface area (Å²) in [4.78, 5) is 0. The first-order chi connectivity index (χ1) is 3.91. The smallest absolute Gasteiger partial charge is 0.132 e. The summed E-state index contributed by atoms with van der Waals surface area (Å²) in [6, 6.07) is 0. The predicted octanol–water partition coefficient (Wildman–Crippen LogP) is -0.842. The van der Waals surface area contributed by atoms with Gasteiger partial charge in [0.1, 0.15) is 6.73 Å². The van der Waals surface area contributed by atoms with E-state index in [0.717, 1.165) is 0 Å². The maximum absolute atomic E-state index is 8.17. The van der Waals surface area contributed by atoms with Gasteiger partial charge in [0, 0.05) is 6.72 Å². The molecule has 0 saturated heterocycles. The maximum Gasteiger partial charge on any atom is 0.132 e. The Balaban J connectivity index is 2.62. The van der Waals surface area contributed by atoms with Crippen LogP contribution in [0.2, 0.25) is 0 Å². The fourth-order valence-corrected chi connectivity index (χ4v) is 0.228. The van der Waals surface area contributed by atoms with Gasteiger partial charge in [0.25, 0.3) is 0 Å². The second-order valence-corrected chi connectivity index (χ2v) is 1.09. The van der Waals surface area contributed by atoms with Crippen LogP contribution in [0, 0.1) is 0 Å². The lowest BCUT2D eigenvalue weighted by Crippen LogP contribution is -2.12. The summed E-state index contributed by atoms with van der Waals surface area (Å²) in [7, 11) is 0. The first-order valence-electron chi connectivity index (χ1n) is 2.29. The van der Waals surface area contributed by atoms with Crippen molar-refractivity contribution < 1.29 is 9.84 Å². The average Bonchev–Trinajstić information content (AvgIpc) is 1.81. The number of rotatable bonds is 5. The summed E-state index contributed by atoms with van der Waals surface area (Å²) in [5.41, 5.74) is 2.46. The van der Waals surface area contributed by atoms with Crippen molar-refractivity contribution in [1.82, 2.24) is 5.43 Å². The van der Waals surface area contributed by atoms with Gasteiger partial charge < -0.3 is 9.84 Å². The zero-order valence-electron chi connectivity index (χ0n) is 4.63. The number of nitrogens with one attached hydrogen (secondary N) is 1. The summed E-state index contributed by atoms with van der Waals surface area (Å²) < 4.78 is 4.73. The molecule has 0 aromatic rings. The van der Waals surface area contributed by atoms with Gasteiger partial charge in [0.15, 0.2) is 0 Å². The van der Waals surface area contributed by atoms with Crippen molar-refractivity contribution >= 4 is 6.72 Å². The molecule has 0 amide bonds. The van der Waals surface area contributed by atoms with Crippen molar-refractivity contribution in [2.75, 3.05) is 19.9 Å². The molecule has 0 bridgehead atoms. The molecular formula is C4H10N2O2. The Hall–Kier alpha value is -0.610. The van der Waals surface area contributed by atoms with Gasteiger partial charge in [0.05, 0.1) is 13.2 Å². The van der Waals surface area contributed by atoms with Crippen LogP contribution in [-0.2, 0) is 4.74 Å². The van der Waals surface area contributed by atoms with E-state index in [1.54, 1.807) is 0 Å². The minimum atomic E-state index is 0.0405. The predicted molar refractivity (Wildman–Crippen MR) is 30.6 cm³/mol. The number of nitrogens with zero attached hydrogens (tertiary/aromatic N) is 1. The SMILES string of the molecule is C=NNCOCCO. The average molecular weight is 118 g/mol. The van der Waals surface area contributed by atoms with Crippen LogP contribution < -0.4 is 5.43 Å². The van der Waals surface area contributed by atoms with E-state index >= 15 is 0 Å². The minimum absolute atomic E-state index is 0.0405. The second kappa shape index (κ2) is 6.39. The van der Waals surface area contributed by atoms with Crippen molar-refractivity contribution in [2.45, 2.75) is 0 Å². The highest BCUT2D eigenvalue weighted by molar-refractivity contribution is 5.22. The number of hydrogen-bond acceptors (Lipinski definition) is 4. The lowest BCUT2D eigenvalue weighted by Gasteiger charge is -1.98. The van der Waals surface area contributed by atoms with Crippen LogP contribution in [0.15, 0.2) is 5.10 Å². The Morgan fingerprint density at radius 1 is 1.75 bits per heavy atom. The molecule has 4 nitrogen and oxygen atoms in total. The monoisotopic (exact) mass is 118 g/mol. The van der Waals surface area contributed by atoms with Crippen molar-refractivity contribution in [3.63, 3.8) is 0 Å². The maximum atomic E-state index is 8.17. The Kier molecular flexibility index (Phi) is 5.90. The van der Waals surface area contributed by atoms with Gasteiger partial charge in [-0.15, -0.1) is 0 Å². The highest BCUT2D eigenvalue weighted by atomic mass is 16.5. The quantitative estimate of drug-likeness (QED) is 0.214. The molecule has 0 heterocycles. The van der Waals surface area contributed by atoms with E-state index in [-0.39, 0.29) is 6.61 Å². The van der Waals surface area contributed by atoms with Gasteiger partial charge in [-0.1, -0.05) is 0 Å². The van der Waals surface area contributed by atoms with E-state index in [4.69, 9.17) is 9.84 Å². The van der Waals surface area contributed by atoms with Gasteiger partial charge in [-0.3, -0.25) is 5.43 Å². The number of hydrazone groups is 1. The number of ether oxygens (including phenoxy) is 1. The van der Waals surface area contributed by atoms with Crippen LogP contribution >= 0.6 is 0 Å². The van der Waals surface area contributed by atoms with Crippen LogP contribution in [0.5, 0.6) is 0 Å². The van der Waals surface area contributed by atoms with Crippen LogP contribution in [-0.4, -0.2) is 31.8 Å². The largest absolute Gasteiger partial charge is 0.394 e. The van der Waals surface area contributed by atoms with Gasteiger partial charge in [-0.25, -0.2) is 0 Å². The first-order valence-corrected chi connectivity index (χ1v) is 2.29. The van der Waals surface area contributed by atoms with Crippen LogP contribution in [0.1, 0.15) is 0 Å². The van der Waals surface area contributed by atoms with E-state index in [1.165, 1.54) is 0 Å². The van der Waals surface area contributed by atoms with Gasteiger partial charge >= 0.3 is 0 Å². The van der Waals surface area contributed by atoms with Crippen LogP contribution in [0.4, 0.5) is 0 Å². The highest BCUT2D eigenvalue weighted by Gasteiger charge is 1.78. The van der Waals surface area contributed by atoms with Gasteiger partial charge in [-0.05, 0) is 0 Å². The zero-order chi connectivity index (χ0) is 6.24. The van der Waals surface area contributed by atoms with Gasteiger partial charge in [0.2, 0.25) is 0 Å². The molecule has 0 aromatic heterocycles. The number of aliphatic hydroxyl groups excluding tert-OH is 1. The first kappa shape index (κ1) is 7.39. The molecule has 0 radical (unpaired) electrons. The summed E-state index contributed by atoms with van der Waals surface area (Å²) >= 11 is 0. The standard InChI is InChI=1S/C4H10N2O2/c1-5-6-4-8-3-2-7/h6-7H,1-4H2. The number of hydrogen-bond donors (Lipinski definition) is 2. The molecule has 0 aliphatic heterocycles. The molecule has 48 valence electrons. The number of aliphatic hydroxyl groups is 1. The Morgan fingerprint density at radius 3 is 3.00 bits per heavy atom. The van der Waals surface area contributed by atoms with Gasteiger partial charge in [-0.2, -0.15) is 5.10 Å². The molecule has 2 N–H and O–H groups in total. The third-order valence-corrected chi connectivity index (χ3v) is 0.514. The zero-order valence-corrected chi connectivity index (χ0v) is 4.63. The molecule has 0 aromatic carbocycles. The summed E-state index contributed by atoms with van der Waals surface area (Å²) in [6.07, 6.45) is 0. The van der Waals surface area contributed by atoms with E-state index in [0.29, 0.717) is 13.3 Å². The topological polar surface area (TPSA) is 53.9 Å². The Labute approximate surface area is 48.2 Å². The molecule has 0 aliphatic rings. The summed E-state index contributed by atoms with van der Waals surface area (Å²) in [5.74, 6) is 0. The van der Waals surface area contributed by atoms with Crippen LogP contribution in [0.3, 0.4) is 0 Å². The van der Waals surface area contributed by atoms with Crippen LogP contribution in [0.25, 0.3) is 0 Å². The van der Waals surface area contributed by atoms with E-state index in [1.807, 2.05) is 0 Å². The minimum Gasteiger partial charge on any atom is -0.394 e. The van der Waals surface area contributed by atoms with E-state index in [9.17, 15) is 0 Å². The third-order valence-electron chi connectivity index (χ3n) is 0.514. The normalized spacial score (nSPS) is 8.62. The fraction of sp³-hybridized carbons (Fsp3) is 0.750.